The Morgan fingerprint density at radius 1 is 0.531 bits per heavy atom. The van der Waals surface area contributed by atoms with Crippen molar-refractivity contribution in [1.82, 2.24) is 5.32 Å². The number of ether oxygens (including phenoxy) is 2. The minimum Gasteiger partial charge on any atom is -0.394 e. The molecule has 0 saturated carbocycles. The first-order chi connectivity index (χ1) is 31.3. The van der Waals surface area contributed by atoms with Crippen LogP contribution < -0.4 is 5.32 Å². The van der Waals surface area contributed by atoms with Gasteiger partial charge in [-0.15, -0.1) is 0 Å². The van der Waals surface area contributed by atoms with E-state index in [1.165, 1.54) is 193 Å². The monoisotopic (exact) mass is 908 g/mol. The maximum Gasteiger partial charge on any atom is 0.220 e. The minimum absolute atomic E-state index is 0.136. The molecule has 7 atom stereocenters. The molecule has 0 spiro atoms. The Kier molecular flexibility index (Phi) is 43.1. The largest absolute Gasteiger partial charge is 0.394 e. The fourth-order valence-electron chi connectivity index (χ4n) is 8.90. The molecule has 1 aliphatic rings. The van der Waals surface area contributed by atoms with Crippen LogP contribution in [-0.4, -0.2) is 87.5 Å². The van der Waals surface area contributed by atoms with Crippen molar-refractivity contribution in [2.75, 3.05) is 13.2 Å². The van der Waals surface area contributed by atoms with Crippen molar-refractivity contribution in [1.29, 1.82) is 0 Å². The number of hydrogen-bond acceptors (Lipinski definition) is 8. The number of aliphatic hydroxyl groups excluding tert-OH is 5. The first-order valence-corrected chi connectivity index (χ1v) is 27.5. The SMILES string of the molecule is CCCCCCCCCCC/C=C\C/C=C\CCCCCCCCCCCCCCCC(=O)NC(COC1OC(CO)C(O)C(O)C1O)C(O)CCCCCCCCCCCCCC. The Hall–Kier alpha value is -1.33. The number of hydrogen-bond donors (Lipinski definition) is 6. The molecule has 1 rings (SSSR count). The van der Waals surface area contributed by atoms with E-state index < -0.39 is 49.5 Å². The van der Waals surface area contributed by atoms with Gasteiger partial charge in [-0.3, -0.25) is 4.79 Å². The molecule has 1 amide bonds. The van der Waals surface area contributed by atoms with E-state index in [9.17, 15) is 30.3 Å². The zero-order valence-corrected chi connectivity index (χ0v) is 41.8. The van der Waals surface area contributed by atoms with E-state index in [4.69, 9.17) is 9.47 Å². The fourth-order valence-corrected chi connectivity index (χ4v) is 8.90. The van der Waals surface area contributed by atoms with Crippen LogP contribution in [0, 0.1) is 0 Å². The lowest BCUT2D eigenvalue weighted by atomic mass is 9.99. The third-order valence-electron chi connectivity index (χ3n) is 13.3. The Bertz CT molecular complexity index is 1060. The Morgan fingerprint density at radius 2 is 0.922 bits per heavy atom. The first-order valence-electron chi connectivity index (χ1n) is 27.5. The van der Waals surface area contributed by atoms with Gasteiger partial charge in [0.05, 0.1) is 25.4 Å². The molecule has 6 N–H and O–H groups in total. The normalized spacial score (nSPS) is 20.1. The number of rotatable bonds is 47. The molecule has 1 saturated heterocycles. The fraction of sp³-hybridized carbons (Fsp3) is 0.909. The minimum atomic E-state index is -1.55. The van der Waals surface area contributed by atoms with Crippen LogP contribution in [0.25, 0.3) is 0 Å². The van der Waals surface area contributed by atoms with Crippen LogP contribution in [0.2, 0.25) is 0 Å². The zero-order valence-electron chi connectivity index (χ0n) is 41.8. The lowest BCUT2D eigenvalue weighted by Crippen LogP contribution is -2.60. The van der Waals surface area contributed by atoms with E-state index in [2.05, 4.69) is 43.5 Å². The molecule has 0 aromatic carbocycles. The molecule has 9 nitrogen and oxygen atoms in total. The van der Waals surface area contributed by atoms with Gasteiger partial charge in [0.1, 0.15) is 24.4 Å². The summed E-state index contributed by atoms with van der Waals surface area (Å²) >= 11 is 0. The molecule has 7 unspecified atom stereocenters. The Labute approximate surface area is 394 Å². The second kappa shape index (κ2) is 45.5. The molecule has 0 radical (unpaired) electrons. The van der Waals surface area contributed by atoms with Crippen molar-refractivity contribution >= 4 is 5.91 Å². The van der Waals surface area contributed by atoms with Gasteiger partial charge in [0, 0.05) is 6.42 Å². The van der Waals surface area contributed by atoms with Gasteiger partial charge in [0.15, 0.2) is 6.29 Å². The molecule has 64 heavy (non-hydrogen) atoms. The molecule has 0 aromatic heterocycles. The third kappa shape index (κ3) is 34.9. The van der Waals surface area contributed by atoms with Crippen molar-refractivity contribution in [3.8, 4) is 0 Å². The number of aliphatic hydroxyl groups is 5. The van der Waals surface area contributed by atoms with Crippen molar-refractivity contribution in [2.24, 2.45) is 0 Å². The molecule has 1 heterocycles. The van der Waals surface area contributed by atoms with Crippen molar-refractivity contribution in [3.63, 3.8) is 0 Å². The van der Waals surface area contributed by atoms with E-state index in [-0.39, 0.29) is 12.5 Å². The van der Waals surface area contributed by atoms with E-state index in [1.807, 2.05) is 0 Å². The summed E-state index contributed by atoms with van der Waals surface area (Å²) in [5.74, 6) is -0.143. The summed E-state index contributed by atoms with van der Waals surface area (Å²) in [6, 6.07) is -0.716. The van der Waals surface area contributed by atoms with Gasteiger partial charge < -0.3 is 40.3 Å². The molecule has 1 aliphatic heterocycles. The van der Waals surface area contributed by atoms with Crippen LogP contribution in [0.15, 0.2) is 24.3 Å². The standard InChI is InChI=1S/C55H105NO8/c1-3-5-7-9-11-13-15-17-18-19-20-21-22-23-24-25-26-27-28-29-30-31-32-33-35-37-39-41-43-45-51(59)56-48(47-63-55-54(62)53(61)52(60)50(46-57)64-55)49(58)44-42-40-38-36-34-16-14-12-10-8-6-4-2/h20-21,23-24,48-50,52-55,57-58,60-62H,3-19,22,25-47H2,1-2H3,(H,56,59)/b21-20-,24-23-. The number of carbonyl (C=O) groups excluding carboxylic acids is 1. The van der Waals surface area contributed by atoms with Crippen LogP contribution in [0.3, 0.4) is 0 Å². The lowest BCUT2D eigenvalue weighted by molar-refractivity contribution is -0.302. The van der Waals surface area contributed by atoms with Gasteiger partial charge in [0.2, 0.25) is 5.91 Å². The lowest BCUT2D eigenvalue weighted by Gasteiger charge is -2.40. The number of amides is 1. The maximum atomic E-state index is 13.0. The highest BCUT2D eigenvalue weighted by molar-refractivity contribution is 5.76. The number of carbonyl (C=O) groups is 1. The second-order valence-corrected chi connectivity index (χ2v) is 19.4. The third-order valence-corrected chi connectivity index (χ3v) is 13.3. The van der Waals surface area contributed by atoms with Gasteiger partial charge in [0.25, 0.3) is 0 Å². The number of allylic oxidation sites excluding steroid dienone is 4. The summed E-state index contributed by atoms with van der Waals surface area (Å²) in [7, 11) is 0. The highest BCUT2D eigenvalue weighted by Crippen LogP contribution is 2.23. The summed E-state index contributed by atoms with van der Waals surface area (Å²) in [5, 5.41) is 54.5. The molecule has 378 valence electrons. The maximum absolute atomic E-state index is 13.0. The first kappa shape index (κ1) is 60.7. The molecule has 1 fully saturated rings. The number of unbranched alkanes of at least 4 members (excludes halogenated alkanes) is 33. The molecule has 0 bridgehead atoms. The van der Waals surface area contributed by atoms with E-state index in [1.54, 1.807) is 0 Å². The van der Waals surface area contributed by atoms with Gasteiger partial charge in [-0.1, -0.05) is 237 Å². The van der Waals surface area contributed by atoms with Crippen LogP contribution in [-0.2, 0) is 14.3 Å². The average molecular weight is 908 g/mol. The quantitative estimate of drug-likeness (QED) is 0.0261. The Morgan fingerprint density at radius 3 is 1.34 bits per heavy atom. The second-order valence-electron chi connectivity index (χ2n) is 19.4. The highest BCUT2D eigenvalue weighted by Gasteiger charge is 2.44. The molecular formula is C55H105NO8. The van der Waals surface area contributed by atoms with Crippen LogP contribution in [0.5, 0.6) is 0 Å². The van der Waals surface area contributed by atoms with Crippen LogP contribution in [0.4, 0.5) is 0 Å². The summed E-state index contributed by atoms with van der Waals surface area (Å²) in [6.45, 7) is 3.84. The molecular weight excluding hydrogens is 803 g/mol. The van der Waals surface area contributed by atoms with Gasteiger partial charge in [-0.05, 0) is 44.9 Å². The average Bonchev–Trinajstić information content (AvgIpc) is 3.29. The highest BCUT2D eigenvalue weighted by atomic mass is 16.7. The van der Waals surface area contributed by atoms with Gasteiger partial charge in [-0.2, -0.15) is 0 Å². The summed E-state index contributed by atoms with van der Waals surface area (Å²) in [5.41, 5.74) is 0. The van der Waals surface area contributed by atoms with Crippen molar-refractivity contribution < 1.29 is 39.8 Å². The number of nitrogens with one attached hydrogen (secondary N) is 1. The van der Waals surface area contributed by atoms with Crippen LogP contribution in [0.1, 0.15) is 264 Å². The summed E-state index contributed by atoms with van der Waals surface area (Å²) in [6.07, 6.45) is 49.2. The zero-order chi connectivity index (χ0) is 46.6. The van der Waals surface area contributed by atoms with Crippen LogP contribution >= 0.6 is 0 Å². The van der Waals surface area contributed by atoms with Gasteiger partial charge in [-0.25, -0.2) is 0 Å². The van der Waals surface area contributed by atoms with Gasteiger partial charge >= 0.3 is 0 Å². The van der Waals surface area contributed by atoms with Crippen molar-refractivity contribution in [2.45, 2.75) is 307 Å². The predicted octanol–water partition coefficient (Wildman–Crippen LogP) is 13.0. The summed E-state index contributed by atoms with van der Waals surface area (Å²) < 4.78 is 11.3. The van der Waals surface area contributed by atoms with Crippen molar-refractivity contribution in [3.05, 3.63) is 24.3 Å². The molecule has 0 aromatic rings. The molecule has 0 aliphatic carbocycles. The van der Waals surface area contributed by atoms with E-state index >= 15 is 0 Å². The smallest absolute Gasteiger partial charge is 0.220 e. The Balaban J connectivity index is 2.15. The summed E-state index contributed by atoms with van der Waals surface area (Å²) in [4.78, 5) is 13.0. The topological polar surface area (TPSA) is 149 Å². The van der Waals surface area contributed by atoms with E-state index in [0.717, 1.165) is 44.9 Å². The molecule has 9 heteroatoms. The predicted molar refractivity (Wildman–Crippen MR) is 267 cm³/mol. The van der Waals surface area contributed by atoms with E-state index in [0.29, 0.717) is 12.8 Å².